The Balaban J connectivity index is 1.86. The van der Waals surface area contributed by atoms with Crippen LogP contribution < -0.4 is 5.73 Å². The molecule has 0 saturated heterocycles. The highest BCUT2D eigenvalue weighted by molar-refractivity contribution is 7.91. The standard InChI is InChI=1S/C15H15N3O2S/c16-12-6-7-13-14(10-12)18-15(17-13)21(19,20)9-8-11-4-2-1-3-5-11/h1-7,10H,8-9,16H2,(H,17,18). The molecule has 108 valence electrons. The predicted molar refractivity (Wildman–Crippen MR) is 82.7 cm³/mol. The lowest BCUT2D eigenvalue weighted by Crippen LogP contribution is -2.10. The normalized spacial score (nSPS) is 11.8. The summed E-state index contributed by atoms with van der Waals surface area (Å²) in [5.41, 5.74) is 8.47. The average Bonchev–Trinajstić information content (AvgIpc) is 2.90. The van der Waals surface area contributed by atoms with Crippen molar-refractivity contribution in [3.8, 4) is 0 Å². The van der Waals surface area contributed by atoms with Crippen LogP contribution in [0.1, 0.15) is 5.56 Å². The van der Waals surface area contributed by atoms with Gasteiger partial charge in [0.1, 0.15) is 0 Å². The van der Waals surface area contributed by atoms with Crippen LogP contribution in [0, 0.1) is 0 Å². The second kappa shape index (κ2) is 5.21. The zero-order valence-corrected chi connectivity index (χ0v) is 12.1. The van der Waals surface area contributed by atoms with Gasteiger partial charge < -0.3 is 10.7 Å². The number of nitrogens with two attached hydrogens (primary N) is 1. The summed E-state index contributed by atoms with van der Waals surface area (Å²) in [5.74, 6) is 0.0202. The van der Waals surface area contributed by atoms with Crippen LogP contribution in [0.25, 0.3) is 11.0 Å². The minimum atomic E-state index is -3.44. The van der Waals surface area contributed by atoms with Gasteiger partial charge in [0, 0.05) is 5.69 Å². The molecule has 0 fully saturated rings. The molecule has 0 amide bonds. The number of nitrogens with one attached hydrogen (secondary N) is 1. The zero-order valence-electron chi connectivity index (χ0n) is 11.3. The second-order valence-electron chi connectivity index (χ2n) is 4.87. The summed E-state index contributed by atoms with van der Waals surface area (Å²) in [6.07, 6.45) is 0.461. The molecule has 1 heterocycles. The topological polar surface area (TPSA) is 88.8 Å². The van der Waals surface area contributed by atoms with E-state index in [4.69, 9.17) is 5.73 Å². The second-order valence-corrected chi connectivity index (χ2v) is 6.90. The largest absolute Gasteiger partial charge is 0.399 e. The first kappa shape index (κ1) is 13.6. The first-order chi connectivity index (χ1) is 10.0. The van der Waals surface area contributed by atoms with Crippen LogP contribution in [-0.2, 0) is 16.3 Å². The molecule has 6 heteroatoms. The van der Waals surface area contributed by atoms with Gasteiger partial charge in [-0.3, -0.25) is 0 Å². The maximum atomic E-state index is 12.3. The molecule has 0 atom stereocenters. The number of nitrogens with zero attached hydrogens (tertiary/aromatic N) is 1. The van der Waals surface area contributed by atoms with Gasteiger partial charge in [-0.1, -0.05) is 30.3 Å². The maximum absolute atomic E-state index is 12.3. The van der Waals surface area contributed by atoms with Crippen LogP contribution in [0.3, 0.4) is 0 Å². The fourth-order valence-electron chi connectivity index (χ4n) is 2.14. The van der Waals surface area contributed by atoms with Gasteiger partial charge >= 0.3 is 0 Å². The predicted octanol–water partition coefficient (Wildman–Crippen LogP) is 2.16. The van der Waals surface area contributed by atoms with Crippen molar-refractivity contribution in [2.24, 2.45) is 0 Å². The Kier molecular flexibility index (Phi) is 3.39. The number of sulfone groups is 1. The van der Waals surface area contributed by atoms with E-state index in [0.29, 0.717) is 23.1 Å². The molecule has 0 unspecified atom stereocenters. The summed E-state index contributed by atoms with van der Waals surface area (Å²) in [5, 5.41) is -0.000897. The number of anilines is 1. The van der Waals surface area contributed by atoms with Crippen molar-refractivity contribution in [1.82, 2.24) is 9.97 Å². The van der Waals surface area contributed by atoms with Crippen molar-refractivity contribution >= 4 is 26.6 Å². The first-order valence-corrected chi connectivity index (χ1v) is 8.22. The highest BCUT2D eigenvalue weighted by atomic mass is 32.2. The van der Waals surface area contributed by atoms with E-state index < -0.39 is 9.84 Å². The van der Waals surface area contributed by atoms with Gasteiger partial charge in [0.25, 0.3) is 0 Å². The van der Waals surface area contributed by atoms with Gasteiger partial charge in [-0.2, -0.15) is 0 Å². The minimum absolute atomic E-state index is 0.000897. The van der Waals surface area contributed by atoms with Gasteiger partial charge in [0.15, 0.2) is 0 Å². The maximum Gasteiger partial charge on any atom is 0.226 e. The summed E-state index contributed by atoms with van der Waals surface area (Å²) in [7, 11) is -3.44. The lowest BCUT2D eigenvalue weighted by atomic mass is 10.2. The monoisotopic (exact) mass is 301 g/mol. The highest BCUT2D eigenvalue weighted by Crippen LogP contribution is 2.18. The van der Waals surface area contributed by atoms with Gasteiger partial charge in [-0.25, -0.2) is 13.4 Å². The summed E-state index contributed by atoms with van der Waals surface area (Å²) in [6, 6.07) is 14.6. The number of imidazole rings is 1. The molecule has 1 aromatic heterocycles. The van der Waals surface area contributed by atoms with Gasteiger partial charge in [0.05, 0.1) is 16.8 Å². The lowest BCUT2D eigenvalue weighted by molar-refractivity contribution is 0.588. The van der Waals surface area contributed by atoms with E-state index in [1.807, 2.05) is 30.3 Å². The number of hydrogen-bond donors (Lipinski definition) is 2. The van der Waals surface area contributed by atoms with E-state index in [9.17, 15) is 8.42 Å². The molecule has 0 aliphatic carbocycles. The van der Waals surface area contributed by atoms with Crippen LogP contribution in [-0.4, -0.2) is 24.1 Å². The third-order valence-electron chi connectivity index (χ3n) is 3.28. The number of rotatable bonds is 4. The van der Waals surface area contributed by atoms with E-state index in [1.165, 1.54) is 0 Å². The van der Waals surface area contributed by atoms with Crippen molar-refractivity contribution in [2.45, 2.75) is 11.6 Å². The van der Waals surface area contributed by atoms with Crippen molar-refractivity contribution in [1.29, 1.82) is 0 Å². The van der Waals surface area contributed by atoms with E-state index in [1.54, 1.807) is 18.2 Å². The zero-order chi connectivity index (χ0) is 14.9. The molecule has 2 aromatic carbocycles. The molecule has 3 rings (SSSR count). The van der Waals surface area contributed by atoms with E-state index in [2.05, 4.69) is 9.97 Å². The number of nitrogen functional groups attached to an aromatic ring is 1. The molecular weight excluding hydrogens is 286 g/mol. The van der Waals surface area contributed by atoms with Crippen molar-refractivity contribution in [2.75, 3.05) is 11.5 Å². The Hall–Kier alpha value is -2.34. The van der Waals surface area contributed by atoms with Crippen LogP contribution >= 0.6 is 0 Å². The van der Waals surface area contributed by atoms with Crippen molar-refractivity contribution < 1.29 is 8.42 Å². The fourth-order valence-corrected chi connectivity index (χ4v) is 3.35. The molecule has 0 spiro atoms. The van der Waals surface area contributed by atoms with E-state index in [0.717, 1.165) is 5.56 Å². The molecule has 3 N–H and O–H groups in total. The molecule has 21 heavy (non-hydrogen) atoms. The highest BCUT2D eigenvalue weighted by Gasteiger charge is 2.19. The van der Waals surface area contributed by atoms with Crippen LogP contribution in [0.15, 0.2) is 53.7 Å². The molecule has 5 nitrogen and oxygen atoms in total. The molecular formula is C15H15N3O2S. The molecule has 3 aromatic rings. The van der Waals surface area contributed by atoms with Crippen LogP contribution in [0.2, 0.25) is 0 Å². The number of aryl methyl sites for hydroxylation is 1. The Morgan fingerprint density at radius 3 is 2.62 bits per heavy atom. The van der Waals surface area contributed by atoms with Crippen LogP contribution in [0.4, 0.5) is 5.69 Å². The number of H-pyrrole nitrogens is 1. The Morgan fingerprint density at radius 1 is 1.10 bits per heavy atom. The van der Waals surface area contributed by atoms with Gasteiger partial charge in [0.2, 0.25) is 15.0 Å². The number of fused-ring (bicyclic) bond motifs is 1. The average molecular weight is 301 g/mol. The fraction of sp³-hybridized carbons (Fsp3) is 0.133. The van der Waals surface area contributed by atoms with Crippen molar-refractivity contribution in [3.05, 3.63) is 54.1 Å². The summed E-state index contributed by atoms with van der Waals surface area (Å²) >= 11 is 0. The molecule has 0 bridgehead atoms. The third-order valence-corrected chi connectivity index (χ3v) is 4.81. The molecule has 0 aliphatic rings. The molecule has 0 saturated carbocycles. The quantitative estimate of drug-likeness (QED) is 0.723. The smallest absolute Gasteiger partial charge is 0.226 e. The minimum Gasteiger partial charge on any atom is -0.399 e. The SMILES string of the molecule is Nc1ccc2nc(S(=O)(=O)CCc3ccccc3)[nH]c2c1. The van der Waals surface area contributed by atoms with Gasteiger partial charge in [-0.05, 0) is 30.2 Å². The van der Waals surface area contributed by atoms with Crippen LogP contribution in [0.5, 0.6) is 0 Å². The third kappa shape index (κ3) is 2.90. The Labute approximate surface area is 122 Å². The number of hydrogen-bond acceptors (Lipinski definition) is 4. The summed E-state index contributed by atoms with van der Waals surface area (Å²) in [4.78, 5) is 6.97. The lowest BCUT2D eigenvalue weighted by Gasteiger charge is -2.01. The Morgan fingerprint density at radius 2 is 1.86 bits per heavy atom. The number of aromatic nitrogens is 2. The number of benzene rings is 2. The van der Waals surface area contributed by atoms with E-state index in [-0.39, 0.29) is 10.9 Å². The first-order valence-electron chi connectivity index (χ1n) is 6.56. The van der Waals surface area contributed by atoms with E-state index >= 15 is 0 Å². The van der Waals surface area contributed by atoms with Crippen molar-refractivity contribution in [3.63, 3.8) is 0 Å². The number of aromatic amines is 1. The summed E-state index contributed by atoms with van der Waals surface area (Å²) in [6.45, 7) is 0. The summed E-state index contributed by atoms with van der Waals surface area (Å²) < 4.78 is 24.7. The molecule has 0 aliphatic heterocycles. The Bertz CT molecular complexity index is 870. The molecule has 0 radical (unpaired) electrons. The van der Waals surface area contributed by atoms with Gasteiger partial charge in [-0.15, -0.1) is 0 Å².